The fraction of sp³-hybridized carbons (Fsp3) is 0. The van der Waals surface area contributed by atoms with Crippen LogP contribution in [-0.2, 0) is 0 Å². The Balaban J connectivity index is 2.69. The molecule has 0 saturated heterocycles. The Labute approximate surface area is 52.5 Å². The van der Waals surface area contributed by atoms with Gasteiger partial charge < -0.3 is 5.73 Å². The first kappa shape index (κ1) is 4.39. The summed E-state index contributed by atoms with van der Waals surface area (Å²) in [7, 11) is 0. The zero-order valence-corrected chi connectivity index (χ0v) is 4.68. The van der Waals surface area contributed by atoms with Crippen molar-refractivity contribution >= 4 is 5.69 Å². The Morgan fingerprint density at radius 1 is 1.44 bits per heavy atom. The van der Waals surface area contributed by atoms with Gasteiger partial charge in [-0.05, 0) is 17.7 Å². The summed E-state index contributed by atoms with van der Waals surface area (Å²) in [5.41, 5.74) is 8.96. The van der Waals surface area contributed by atoms with Gasteiger partial charge in [-0.15, -0.1) is 0 Å². The zero-order chi connectivity index (χ0) is 6.43. The normalized spacial score (nSPS) is 10.6. The predicted molar refractivity (Wildman–Crippen MR) is 34.6 cm³/mol. The van der Waals surface area contributed by atoms with Crippen LogP contribution in [0, 0.1) is 11.3 Å². The fourth-order valence-corrected chi connectivity index (χ4v) is 0.943. The molecule has 2 rings (SSSR count). The SMILES string of the molecule is N#Cc1cc2cc-2c1N. The summed E-state index contributed by atoms with van der Waals surface area (Å²) in [6.45, 7) is 0. The van der Waals surface area contributed by atoms with Gasteiger partial charge >= 0.3 is 0 Å². The number of nitriles is 1. The molecule has 2 aliphatic rings. The summed E-state index contributed by atoms with van der Waals surface area (Å²) in [4.78, 5) is 0. The van der Waals surface area contributed by atoms with E-state index in [0.717, 1.165) is 11.1 Å². The summed E-state index contributed by atoms with van der Waals surface area (Å²) < 4.78 is 0. The third-order valence-electron chi connectivity index (χ3n) is 1.53. The summed E-state index contributed by atoms with van der Waals surface area (Å²) in [6.07, 6.45) is 0. The molecular formula is C7H4N2. The van der Waals surface area contributed by atoms with E-state index < -0.39 is 0 Å². The Hall–Kier alpha value is -1.49. The van der Waals surface area contributed by atoms with Gasteiger partial charge in [-0.3, -0.25) is 0 Å². The Kier molecular flexibility index (Phi) is 0.529. The molecule has 0 aliphatic heterocycles. The van der Waals surface area contributed by atoms with Gasteiger partial charge in [0.1, 0.15) is 6.07 Å². The minimum Gasteiger partial charge on any atom is -0.397 e. The molecule has 0 aromatic rings. The topological polar surface area (TPSA) is 49.8 Å². The molecule has 2 heteroatoms. The molecule has 0 bridgehead atoms. The molecule has 0 fully saturated rings. The van der Waals surface area contributed by atoms with Crippen molar-refractivity contribution in [1.82, 2.24) is 0 Å². The van der Waals surface area contributed by atoms with E-state index >= 15 is 0 Å². The highest BCUT2D eigenvalue weighted by Crippen LogP contribution is 2.42. The molecular weight excluding hydrogens is 112 g/mol. The van der Waals surface area contributed by atoms with Gasteiger partial charge in [-0.25, -0.2) is 0 Å². The lowest BCUT2D eigenvalue weighted by atomic mass is 10.3. The Morgan fingerprint density at radius 2 is 2.22 bits per heavy atom. The molecule has 0 saturated carbocycles. The average molecular weight is 116 g/mol. The molecule has 0 spiro atoms. The van der Waals surface area contributed by atoms with Crippen LogP contribution in [0.25, 0.3) is 11.1 Å². The highest BCUT2D eigenvalue weighted by atomic mass is 14.6. The van der Waals surface area contributed by atoms with Crippen molar-refractivity contribution in [3.05, 3.63) is 17.7 Å². The minimum absolute atomic E-state index is 0.613. The van der Waals surface area contributed by atoms with Crippen molar-refractivity contribution in [3.63, 3.8) is 0 Å². The molecule has 0 radical (unpaired) electrons. The van der Waals surface area contributed by atoms with Crippen LogP contribution in [0.2, 0.25) is 0 Å². The van der Waals surface area contributed by atoms with Gasteiger partial charge in [0.05, 0.1) is 11.3 Å². The van der Waals surface area contributed by atoms with Gasteiger partial charge in [0.2, 0.25) is 0 Å². The van der Waals surface area contributed by atoms with Crippen molar-refractivity contribution in [2.75, 3.05) is 5.73 Å². The molecule has 2 aliphatic carbocycles. The lowest BCUT2D eigenvalue weighted by molar-refractivity contribution is 1.51. The van der Waals surface area contributed by atoms with Crippen molar-refractivity contribution < 1.29 is 0 Å². The third-order valence-corrected chi connectivity index (χ3v) is 1.53. The molecule has 0 atom stereocenters. The molecule has 2 N–H and O–H groups in total. The van der Waals surface area contributed by atoms with Crippen molar-refractivity contribution in [1.29, 1.82) is 5.26 Å². The van der Waals surface area contributed by atoms with E-state index in [1.165, 1.54) is 0 Å². The number of hydrogen-bond donors (Lipinski definition) is 1. The number of benzene rings is 1. The molecule has 0 aromatic heterocycles. The summed E-state index contributed by atoms with van der Waals surface area (Å²) in [5.74, 6) is 0. The number of fused-ring (bicyclic) bond motifs is 1. The average Bonchev–Trinajstić information content (AvgIpc) is 2.55. The zero-order valence-electron chi connectivity index (χ0n) is 4.68. The molecule has 0 heterocycles. The molecule has 0 unspecified atom stereocenters. The Bertz CT molecular complexity index is 320. The quantitative estimate of drug-likeness (QED) is 0.524. The van der Waals surface area contributed by atoms with E-state index in [9.17, 15) is 0 Å². The minimum atomic E-state index is 0.613. The first-order chi connectivity index (χ1) is 4.33. The van der Waals surface area contributed by atoms with Crippen molar-refractivity contribution in [3.8, 4) is 17.2 Å². The molecule has 2 nitrogen and oxygen atoms in total. The van der Waals surface area contributed by atoms with E-state index in [0.29, 0.717) is 11.3 Å². The summed E-state index contributed by atoms with van der Waals surface area (Å²) >= 11 is 0. The van der Waals surface area contributed by atoms with Crippen LogP contribution >= 0.6 is 0 Å². The van der Waals surface area contributed by atoms with E-state index in [1.54, 1.807) is 0 Å². The highest BCUT2D eigenvalue weighted by Gasteiger charge is 2.19. The monoisotopic (exact) mass is 116 g/mol. The van der Waals surface area contributed by atoms with Crippen LogP contribution < -0.4 is 5.73 Å². The maximum atomic E-state index is 8.42. The van der Waals surface area contributed by atoms with Gasteiger partial charge in [-0.1, -0.05) is 0 Å². The van der Waals surface area contributed by atoms with E-state index in [4.69, 9.17) is 11.0 Å². The standard InChI is InChI=1S/C7H4N2/c8-3-5-1-4-2-6(4)7(5)9/h1-2H,9H2. The largest absolute Gasteiger partial charge is 0.397 e. The summed E-state index contributed by atoms with van der Waals surface area (Å²) in [5, 5.41) is 8.42. The van der Waals surface area contributed by atoms with Gasteiger partial charge in [0, 0.05) is 5.56 Å². The maximum Gasteiger partial charge on any atom is 0.101 e. The lowest BCUT2D eigenvalue weighted by Gasteiger charge is -1.82. The molecule has 0 amide bonds. The van der Waals surface area contributed by atoms with Crippen LogP contribution in [0.5, 0.6) is 0 Å². The lowest BCUT2D eigenvalue weighted by Crippen LogP contribution is -1.82. The number of nitrogens with two attached hydrogens (primary N) is 1. The number of nitrogen functional groups attached to an aromatic ring is 1. The van der Waals surface area contributed by atoms with Gasteiger partial charge in [0.15, 0.2) is 0 Å². The second-order valence-electron chi connectivity index (χ2n) is 2.10. The second kappa shape index (κ2) is 1.08. The molecule has 42 valence electrons. The fourth-order valence-electron chi connectivity index (χ4n) is 0.943. The summed E-state index contributed by atoms with van der Waals surface area (Å²) in [6, 6.07) is 5.79. The van der Waals surface area contributed by atoms with Crippen LogP contribution in [0.1, 0.15) is 5.56 Å². The van der Waals surface area contributed by atoms with Crippen molar-refractivity contribution in [2.45, 2.75) is 0 Å². The third kappa shape index (κ3) is 0.386. The maximum absolute atomic E-state index is 8.42. The smallest absolute Gasteiger partial charge is 0.101 e. The number of nitrogens with zero attached hydrogens (tertiary/aromatic N) is 1. The van der Waals surface area contributed by atoms with Crippen LogP contribution in [0.3, 0.4) is 0 Å². The second-order valence-corrected chi connectivity index (χ2v) is 2.10. The van der Waals surface area contributed by atoms with E-state index in [2.05, 4.69) is 0 Å². The number of rotatable bonds is 0. The number of hydrogen-bond acceptors (Lipinski definition) is 2. The first-order valence-electron chi connectivity index (χ1n) is 2.67. The van der Waals surface area contributed by atoms with Gasteiger partial charge in [0.25, 0.3) is 0 Å². The molecule has 0 aromatic carbocycles. The van der Waals surface area contributed by atoms with Gasteiger partial charge in [-0.2, -0.15) is 5.26 Å². The van der Waals surface area contributed by atoms with E-state index in [1.807, 2.05) is 18.2 Å². The number of anilines is 1. The first-order valence-corrected chi connectivity index (χ1v) is 2.67. The van der Waals surface area contributed by atoms with Crippen LogP contribution in [0.4, 0.5) is 5.69 Å². The van der Waals surface area contributed by atoms with Crippen LogP contribution in [0.15, 0.2) is 12.1 Å². The predicted octanol–water partition coefficient (Wildman–Crippen LogP) is 1.12. The van der Waals surface area contributed by atoms with Crippen molar-refractivity contribution in [2.24, 2.45) is 0 Å². The van der Waals surface area contributed by atoms with E-state index in [-0.39, 0.29) is 0 Å². The van der Waals surface area contributed by atoms with Crippen LogP contribution in [-0.4, -0.2) is 0 Å². The molecule has 9 heavy (non-hydrogen) atoms. The Morgan fingerprint density at radius 3 is 2.56 bits per heavy atom. The highest BCUT2D eigenvalue weighted by molar-refractivity contribution is 5.95.